The molecule has 0 saturated heterocycles. The zero-order valence-corrected chi connectivity index (χ0v) is 11.1. The van der Waals surface area contributed by atoms with Gasteiger partial charge in [0.05, 0.1) is 19.4 Å². The third-order valence-corrected chi connectivity index (χ3v) is 3.97. The van der Waals surface area contributed by atoms with Gasteiger partial charge in [-0.25, -0.2) is 0 Å². The first-order valence-corrected chi connectivity index (χ1v) is 7.27. The molecule has 98 valence electrons. The predicted molar refractivity (Wildman–Crippen MR) is 74.5 cm³/mol. The van der Waals surface area contributed by atoms with E-state index in [0.717, 1.165) is 5.56 Å². The van der Waals surface area contributed by atoms with E-state index in [-0.39, 0.29) is 19.4 Å². The standard InChI is InChI=1S/C13H18NO3P/c1-3-9-16-18(15,17-10-4-2)11-12-5-7-13(14)8-6-12/h3-8H,1-2,9-11,14H2. The van der Waals surface area contributed by atoms with Gasteiger partial charge in [0.1, 0.15) is 0 Å². The van der Waals surface area contributed by atoms with Crippen LogP contribution in [0.3, 0.4) is 0 Å². The number of benzene rings is 1. The maximum Gasteiger partial charge on any atom is 0.335 e. The molecule has 0 spiro atoms. The number of hydrogen-bond donors (Lipinski definition) is 1. The molecule has 0 saturated carbocycles. The topological polar surface area (TPSA) is 61.5 Å². The van der Waals surface area contributed by atoms with E-state index < -0.39 is 7.60 Å². The Hall–Kier alpha value is -1.35. The van der Waals surface area contributed by atoms with Crippen molar-refractivity contribution in [2.45, 2.75) is 6.16 Å². The van der Waals surface area contributed by atoms with Crippen LogP contribution < -0.4 is 5.73 Å². The smallest absolute Gasteiger partial charge is 0.335 e. The first-order valence-electron chi connectivity index (χ1n) is 5.54. The van der Waals surface area contributed by atoms with E-state index in [1.165, 1.54) is 12.2 Å². The molecule has 0 fully saturated rings. The second-order valence-corrected chi connectivity index (χ2v) is 5.73. The van der Waals surface area contributed by atoms with Crippen molar-refractivity contribution in [2.75, 3.05) is 18.9 Å². The van der Waals surface area contributed by atoms with Gasteiger partial charge in [0.2, 0.25) is 0 Å². The van der Waals surface area contributed by atoms with Crippen molar-refractivity contribution in [3.05, 3.63) is 55.1 Å². The maximum absolute atomic E-state index is 12.4. The normalized spacial score (nSPS) is 11.1. The highest BCUT2D eigenvalue weighted by molar-refractivity contribution is 7.53. The fourth-order valence-corrected chi connectivity index (χ4v) is 2.89. The Balaban J connectivity index is 2.76. The van der Waals surface area contributed by atoms with Crippen LogP contribution in [0.2, 0.25) is 0 Å². The molecule has 2 N–H and O–H groups in total. The van der Waals surface area contributed by atoms with E-state index in [4.69, 9.17) is 14.8 Å². The van der Waals surface area contributed by atoms with E-state index >= 15 is 0 Å². The Morgan fingerprint density at radius 2 is 1.61 bits per heavy atom. The molecule has 0 bridgehead atoms. The van der Waals surface area contributed by atoms with Crippen molar-refractivity contribution in [1.82, 2.24) is 0 Å². The summed E-state index contributed by atoms with van der Waals surface area (Å²) in [5.74, 6) is 0. The molecule has 0 aliphatic carbocycles. The molecule has 1 aromatic carbocycles. The van der Waals surface area contributed by atoms with Crippen LogP contribution in [-0.2, 0) is 19.8 Å². The zero-order valence-electron chi connectivity index (χ0n) is 10.2. The fourth-order valence-electron chi connectivity index (χ4n) is 1.31. The van der Waals surface area contributed by atoms with Crippen molar-refractivity contribution >= 4 is 13.3 Å². The summed E-state index contributed by atoms with van der Waals surface area (Å²) in [4.78, 5) is 0. The van der Waals surface area contributed by atoms with Gasteiger partial charge in [0, 0.05) is 5.69 Å². The van der Waals surface area contributed by atoms with Crippen LogP contribution in [0.5, 0.6) is 0 Å². The summed E-state index contributed by atoms with van der Waals surface area (Å²) in [6.07, 6.45) is 3.27. The molecule has 0 amide bonds. The minimum atomic E-state index is -3.17. The van der Waals surface area contributed by atoms with Crippen LogP contribution in [0, 0.1) is 0 Å². The molecule has 0 aromatic heterocycles. The number of nitrogens with two attached hydrogens (primary N) is 1. The van der Waals surface area contributed by atoms with Gasteiger partial charge in [-0.2, -0.15) is 0 Å². The second kappa shape index (κ2) is 7.17. The van der Waals surface area contributed by atoms with Gasteiger partial charge in [-0.3, -0.25) is 4.57 Å². The molecule has 0 unspecified atom stereocenters. The van der Waals surface area contributed by atoms with Crippen LogP contribution in [0.1, 0.15) is 5.56 Å². The van der Waals surface area contributed by atoms with E-state index in [1.807, 2.05) is 0 Å². The lowest BCUT2D eigenvalue weighted by Crippen LogP contribution is -2.00. The SMILES string of the molecule is C=CCOP(=O)(Cc1ccc(N)cc1)OCC=C. The lowest BCUT2D eigenvalue weighted by Gasteiger charge is -2.17. The van der Waals surface area contributed by atoms with Crippen molar-refractivity contribution in [1.29, 1.82) is 0 Å². The number of nitrogen functional groups attached to an aromatic ring is 1. The Morgan fingerprint density at radius 3 is 2.06 bits per heavy atom. The lowest BCUT2D eigenvalue weighted by atomic mass is 10.2. The number of hydrogen-bond acceptors (Lipinski definition) is 4. The van der Waals surface area contributed by atoms with Crippen molar-refractivity contribution in [3.63, 3.8) is 0 Å². The minimum absolute atomic E-state index is 0.184. The minimum Gasteiger partial charge on any atom is -0.399 e. The summed E-state index contributed by atoms with van der Waals surface area (Å²) >= 11 is 0. The Bertz CT molecular complexity index is 426. The molecule has 4 nitrogen and oxygen atoms in total. The van der Waals surface area contributed by atoms with Crippen molar-refractivity contribution in [3.8, 4) is 0 Å². The molecular weight excluding hydrogens is 249 g/mol. The van der Waals surface area contributed by atoms with Crippen molar-refractivity contribution < 1.29 is 13.6 Å². The highest BCUT2D eigenvalue weighted by atomic mass is 31.2. The first kappa shape index (κ1) is 14.7. The third-order valence-electron chi connectivity index (χ3n) is 2.13. The van der Waals surface area contributed by atoms with Gasteiger partial charge >= 0.3 is 7.60 Å². The van der Waals surface area contributed by atoms with E-state index in [2.05, 4.69) is 13.2 Å². The summed E-state index contributed by atoms with van der Waals surface area (Å²) in [6.45, 7) is 7.42. The van der Waals surface area contributed by atoms with E-state index in [1.54, 1.807) is 24.3 Å². The van der Waals surface area contributed by atoms with Crippen LogP contribution >= 0.6 is 7.60 Å². The molecular formula is C13H18NO3P. The predicted octanol–water partition coefficient (Wildman–Crippen LogP) is 3.37. The van der Waals surface area contributed by atoms with Crippen LogP contribution in [0.4, 0.5) is 5.69 Å². The second-order valence-electron chi connectivity index (χ2n) is 3.68. The zero-order chi connectivity index (χ0) is 13.4. The average molecular weight is 267 g/mol. The molecule has 18 heavy (non-hydrogen) atoms. The summed E-state index contributed by atoms with van der Waals surface area (Å²) < 4.78 is 22.9. The lowest BCUT2D eigenvalue weighted by molar-refractivity contribution is 0.236. The van der Waals surface area contributed by atoms with Gasteiger partial charge in [0.15, 0.2) is 0 Å². The number of anilines is 1. The Labute approximate surface area is 108 Å². The van der Waals surface area contributed by atoms with Crippen LogP contribution in [0.25, 0.3) is 0 Å². The summed E-state index contributed by atoms with van der Waals surface area (Å²) in [5, 5.41) is 0. The molecule has 5 heteroatoms. The maximum atomic E-state index is 12.4. The average Bonchev–Trinajstić information content (AvgIpc) is 2.37. The van der Waals surface area contributed by atoms with Gasteiger partial charge < -0.3 is 14.8 Å². The molecule has 0 radical (unpaired) electrons. The van der Waals surface area contributed by atoms with Crippen LogP contribution in [-0.4, -0.2) is 13.2 Å². The van der Waals surface area contributed by atoms with Gasteiger partial charge in [-0.1, -0.05) is 24.3 Å². The van der Waals surface area contributed by atoms with Gasteiger partial charge in [-0.05, 0) is 17.7 Å². The van der Waals surface area contributed by atoms with E-state index in [9.17, 15) is 4.57 Å². The van der Waals surface area contributed by atoms with E-state index in [0.29, 0.717) is 5.69 Å². The fraction of sp³-hybridized carbons (Fsp3) is 0.231. The largest absolute Gasteiger partial charge is 0.399 e. The molecule has 1 rings (SSSR count). The summed E-state index contributed by atoms with van der Waals surface area (Å²) in [7, 11) is -3.17. The third kappa shape index (κ3) is 4.88. The molecule has 0 atom stereocenters. The quantitative estimate of drug-likeness (QED) is 0.445. The Kier molecular flexibility index (Phi) is 5.86. The number of rotatable bonds is 8. The molecule has 1 aromatic rings. The molecule has 0 aliphatic heterocycles. The molecule has 0 heterocycles. The van der Waals surface area contributed by atoms with Gasteiger partial charge in [-0.15, -0.1) is 13.2 Å². The first-order chi connectivity index (χ1) is 8.59. The monoisotopic (exact) mass is 267 g/mol. The highest BCUT2D eigenvalue weighted by Gasteiger charge is 2.24. The highest BCUT2D eigenvalue weighted by Crippen LogP contribution is 2.51. The summed E-state index contributed by atoms with van der Waals surface area (Å²) in [6, 6.07) is 7.11. The van der Waals surface area contributed by atoms with Gasteiger partial charge in [0.25, 0.3) is 0 Å². The van der Waals surface area contributed by atoms with Crippen LogP contribution in [0.15, 0.2) is 49.6 Å². The summed E-state index contributed by atoms with van der Waals surface area (Å²) in [5.41, 5.74) is 7.10. The molecule has 0 aliphatic rings. The Morgan fingerprint density at radius 1 is 1.11 bits per heavy atom. The van der Waals surface area contributed by atoms with Crippen molar-refractivity contribution in [2.24, 2.45) is 0 Å².